The summed E-state index contributed by atoms with van der Waals surface area (Å²) in [7, 11) is 1.56. The van der Waals surface area contributed by atoms with E-state index in [0.29, 0.717) is 16.0 Å². The van der Waals surface area contributed by atoms with Crippen LogP contribution < -0.4 is 22.4 Å². The molecular formula is C8H9N7O2S. The molecule has 2 heterocycles. The van der Waals surface area contributed by atoms with Gasteiger partial charge in [-0.15, -0.1) is 0 Å². The number of hydrogen-bond donors (Lipinski definition) is 3. The normalized spacial score (nSPS) is 10.3. The number of nitrogen functional groups attached to an aromatic ring is 1. The molecule has 0 amide bonds. The lowest BCUT2D eigenvalue weighted by Gasteiger charge is -2.05. The number of rotatable bonds is 3. The lowest BCUT2D eigenvalue weighted by Crippen LogP contribution is -2.33. The van der Waals surface area contributed by atoms with Crippen LogP contribution in [0.4, 0.5) is 5.82 Å². The molecule has 9 nitrogen and oxygen atoms in total. The van der Waals surface area contributed by atoms with Gasteiger partial charge in [0.25, 0.3) is 0 Å². The topological polar surface area (TPSA) is 132 Å². The first kappa shape index (κ1) is 12.3. The predicted molar refractivity (Wildman–Crippen MR) is 64.1 cm³/mol. The molecule has 0 saturated heterocycles. The van der Waals surface area contributed by atoms with E-state index in [9.17, 15) is 9.59 Å². The Morgan fingerprint density at radius 3 is 2.89 bits per heavy atom. The third-order valence-corrected chi connectivity index (χ3v) is 2.86. The van der Waals surface area contributed by atoms with Gasteiger partial charge in [-0.1, -0.05) is 0 Å². The Bertz CT molecular complexity index is 680. The molecule has 0 aliphatic carbocycles. The number of anilines is 1. The molecule has 94 valence electrons. The van der Waals surface area contributed by atoms with Crippen LogP contribution >= 0.6 is 11.8 Å². The highest BCUT2D eigenvalue weighted by Gasteiger charge is 2.07. The molecule has 0 radical (unpaired) electrons. The average molecular weight is 267 g/mol. The molecule has 0 fully saturated rings. The molecule has 2 rings (SSSR count). The first-order chi connectivity index (χ1) is 8.60. The molecule has 2 aromatic heterocycles. The van der Waals surface area contributed by atoms with Crippen molar-refractivity contribution in [2.45, 2.75) is 10.2 Å². The third-order valence-electron chi connectivity index (χ3n) is 1.90. The number of aromatic amines is 1. The van der Waals surface area contributed by atoms with Gasteiger partial charge in [0, 0.05) is 7.05 Å². The summed E-state index contributed by atoms with van der Waals surface area (Å²) in [6, 6.07) is 0. The number of hydrogen-bond acceptors (Lipinski definition) is 8. The maximum Gasteiger partial charge on any atom is 0.339 e. The molecule has 4 N–H and O–H groups in total. The van der Waals surface area contributed by atoms with Gasteiger partial charge in [-0.25, -0.2) is 10.8 Å². The molecule has 10 heteroatoms. The Balaban J connectivity index is 2.36. The van der Waals surface area contributed by atoms with Crippen LogP contribution in [0.15, 0.2) is 32.2 Å². The highest BCUT2D eigenvalue weighted by molar-refractivity contribution is 7.99. The van der Waals surface area contributed by atoms with Crippen molar-refractivity contribution in [3.05, 3.63) is 33.1 Å². The van der Waals surface area contributed by atoms with Gasteiger partial charge >= 0.3 is 11.1 Å². The van der Waals surface area contributed by atoms with Crippen molar-refractivity contribution in [2.75, 3.05) is 5.43 Å². The number of aromatic nitrogens is 5. The largest absolute Gasteiger partial charge is 0.339 e. The molecule has 0 aromatic carbocycles. The standard InChI is InChI=1S/C8H9N7O2S/c1-15-8(12-6(16)7(17)14-15)18-5-3-10-2-4(11-5)13-9/h2-3H,9H2,1H3,(H,11,13)(H,14,17). The Labute approximate surface area is 104 Å². The average Bonchev–Trinajstić information content (AvgIpc) is 2.36. The van der Waals surface area contributed by atoms with Gasteiger partial charge in [0.1, 0.15) is 5.03 Å². The zero-order valence-electron chi connectivity index (χ0n) is 9.25. The minimum Gasteiger partial charge on any atom is -0.307 e. The fourth-order valence-electron chi connectivity index (χ4n) is 1.11. The summed E-state index contributed by atoms with van der Waals surface area (Å²) in [6.45, 7) is 0. The molecule has 0 unspecified atom stereocenters. The highest BCUT2D eigenvalue weighted by Crippen LogP contribution is 2.21. The summed E-state index contributed by atoms with van der Waals surface area (Å²) in [5.41, 5.74) is 0.731. The van der Waals surface area contributed by atoms with E-state index < -0.39 is 11.1 Å². The number of H-pyrrole nitrogens is 1. The fraction of sp³-hybridized carbons (Fsp3) is 0.125. The van der Waals surface area contributed by atoms with E-state index in [1.807, 2.05) is 0 Å². The van der Waals surface area contributed by atoms with Crippen LogP contribution in [-0.2, 0) is 7.05 Å². The number of hydrazine groups is 1. The van der Waals surface area contributed by atoms with E-state index in [1.54, 1.807) is 7.05 Å². The second kappa shape index (κ2) is 4.98. The van der Waals surface area contributed by atoms with E-state index in [1.165, 1.54) is 17.1 Å². The zero-order chi connectivity index (χ0) is 13.1. The Kier molecular flexibility index (Phi) is 3.39. The molecule has 0 saturated carbocycles. The van der Waals surface area contributed by atoms with Gasteiger partial charge in [0.05, 0.1) is 12.4 Å². The second-order valence-corrected chi connectivity index (χ2v) is 4.18. The summed E-state index contributed by atoms with van der Waals surface area (Å²) in [4.78, 5) is 33.8. The first-order valence-electron chi connectivity index (χ1n) is 4.74. The van der Waals surface area contributed by atoms with Crippen molar-refractivity contribution in [2.24, 2.45) is 12.9 Å². The summed E-state index contributed by atoms with van der Waals surface area (Å²) >= 11 is 1.08. The maximum atomic E-state index is 11.2. The summed E-state index contributed by atoms with van der Waals surface area (Å²) in [5.74, 6) is 5.59. The van der Waals surface area contributed by atoms with E-state index >= 15 is 0 Å². The van der Waals surface area contributed by atoms with Crippen molar-refractivity contribution in [3.63, 3.8) is 0 Å². The molecule has 2 aromatic rings. The molecule has 0 aliphatic rings. The van der Waals surface area contributed by atoms with Gasteiger partial charge in [-0.2, -0.15) is 4.98 Å². The molecule has 0 atom stereocenters. The lowest BCUT2D eigenvalue weighted by atomic mass is 10.7. The van der Waals surface area contributed by atoms with Crippen LogP contribution in [0.25, 0.3) is 0 Å². The summed E-state index contributed by atoms with van der Waals surface area (Å²) in [6.07, 6.45) is 2.94. The number of aryl methyl sites for hydroxylation is 1. The van der Waals surface area contributed by atoms with Gasteiger partial charge < -0.3 is 5.43 Å². The van der Waals surface area contributed by atoms with Gasteiger partial charge in [0.15, 0.2) is 11.0 Å². The summed E-state index contributed by atoms with van der Waals surface area (Å²) < 4.78 is 1.33. The quantitative estimate of drug-likeness (QED) is 0.355. The zero-order valence-corrected chi connectivity index (χ0v) is 10.1. The Morgan fingerprint density at radius 1 is 1.39 bits per heavy atom. The molecular weight excluding hydrogens is 258 g/mol. The minimum absolute atomic E-state index is 0.295. The van der Waals surface area contributed by atoms with Crippen molar-refractivity contribution in [1.82, 2.24) is 24.7 Å². The highest BCUT2D eigenvalue weighted by atomic mass is 32.2. The SMILES string of the molecule is Cn1[nH]c(=O)c(=O)nc1Sc1cncc(NN)n1. The van der Waals surface area contributed by atoms with Gasteiger partial charge in [-0.3, -0.25) is 24.4 Å². The van der Waals surface area contributed by atoms with Crippen molar-refractivity contribution in [3.8, 4) is 0 Å². The van der Waals surface area contributed by atoms with Crippen LogP contribution in [0.5, 0.6) is 0 Å². The monoisotopic (exact) mass is 267 g/mol. The van der Waals surface area contributed by atoms with Crippen LogP contribution in [-0.4, -0.2) is 24.7 Å². The van der Waals surface area contributed by atoms with E-state index in [4.69, 9.17) is 5.84 Å². The molecule has 0 spiro atoms. The van der Waals surface area contributed by atoms with Crippen LogP contribution in [0.1, 0.15) is 0 Å². The van der Waals surface area contributed by atoms with Crippen LogP contribution in [0.2, 0.25) is 0 Å². The molecule has 18 heavy (non-hydrogen) atoms. The summed E-state index contributed by atoms with van der Waals surface area (Å²) in [5, 5.41) is 3.11. The number of nitrogens with zero attached hydrogens (tertiary/aromatic N) is 4. The van der Waals surface area contributed by atoms with Crippen LogP contribution in [0.3, 0.4) is 0 Å². The van der Waals surface area contributed by atoms with E-state index in [0.717, 1.165) is 11.8 Å². The van der Waals surface area contributed by atoms with E-state index in [-0.39, 0.29) is 0 Å². The van der Waals surface area contributed by atoms with Crippen molar-refractivity contribution < 1.29 is 0 Å². The van der Waals surface area contributed by atoms with Crippen molar-refractivity contribution in [1.29, 1.82) is 0 Å². The smallest absolute Gasteiger partial charge is 0.307 e. The Morgan fingerprint density at radius 2 is 2.17 bits per heavy atom. The lowest BCUT2D eigenvalue weighted by molar-refractivity contribution is 0.596. The second-order valence-electron chi connectivity index (χ2n) is 3.19. The predicted octanol–water partition coefficient (Wildman–Crippen LogP) is -1.30. The number of nitrogens with two attached hydrogens (primary N) is 1. The fourth-order valence-corrected chi connectivity index (χ4v) is 1.87. The first-order valence-corrected chi connectivity index (χ1v) is 5.55. The minimum atomic E-state index is -0.850. The number of nitrogens with one attached hydrogen (secondary N) is 2. The van der Waals surface area contributed by atoms with Crippen LogP contribution in [0, 0.1) is 0 Å². The third kappa shape index (κ3) is 2.55. The maximum absolute atomic E-state index is 11.2. The van der Waals surface area contributed by atoms with E-state index in [2.05, 4.69) is 25.5 Å². The molecule has 0 aliphatic heterocycles. The Hall–Kier alpha value is -2.20. The van der Waals surface area contributed by atoms with Crippen molar-refractivity contribution >= 4 is 17.6 Å². The molecule has 0 bridgehead atoms. The van der Waals surface area contributed by atoms with Gasteiger partial charge in [-0.05, 0) is 11.8 Å². The van der Waals surface area contributed by atoms with Gasteiger partial charge in [0.2, 0.25) is 0 Å².